The molecule has 0 bridgehead atoms. The first kappa shape index (κ1) is 13.5. The third kappa shape index (κ3) is 2.82. The second-order valence-corrected chi connectivity index (χ2v) is 5.57. The van der Waals surface area contributed by atoms with Gasteiger partial charge in [0.15, 0.2) is 0 Å². The number of nitrogens with one attached hydrogen (secondary N) is 1. The monoisotopic (exact) mass is 287 g/mol. The summed E-state index contributed by atoms with van der Waals surface area (Å²) in [7, 11) is 0. The second kappa shape index (κ2) is 5.86. The van der Waals surface area contributed by atoms with Gasteiger partial charge in [0.25, 0.3) is 0 Å². The van der Waals surface area contributed by atoms with Gasteiger partial charge in [-0.05, 0) is 35.7 Å². The van der Waals surface area contributed by atoms with Crippen LogP contribution in [0.3, 0.4) is 0 Å². The zero-order valence-electron chi connectivity index (χ0n) is 11.5. The molecule has 0 radical (unpaired) electrons. The lowest BCUT2D eigenvalue weighted by Crippen LogP contribution is -2.18. The topological polar surface area (TPSA) is 21.3 Å². The molecule has 104 valence electrons. The van der Waals surface area contributed by atoms with Crippen LogP contribution in [0.2, 0.25) is 5.02 Å². The zero-order valence-corrected chi connectivity index (χ0v) is 12.3. The number of hydrogen-bond donors (Lipinski definition) is 1. The molecule has 20 heavy (non-hydrogen) atoms. The molecule has 0 amide bonds. The summed E-state index contributed by atoms with van der Waals surface area (Å²) in [5.74, 6) is 1.04. The Kier molecular flexibility index (Phi) is 3.95. The van der Waals surface area contributed by atoms with Crippen molar-refractivity contribution in [3.8, 4) is 5.75 Å². The molecule has 2 aromatic carbocycles. The highest BCUT2D eigenvalue weighted by Crippen LogP contribution is 2.26. The van der Waals surface area contributed by atoms with E-state index in [0.717, 1.165) is 35.9 Å². The lowest BCUT2D eigenvalue weighted by atomic mass is 10.1. The Morgan fingerprint density at radius 1 is 1.25 bits per heavy atom. The number of halogens is 1. The van der Waals surface area contributed by atoms with E-state index >= 15 is 0 Å². The predicted molar refractivity (Wildman–Crippen MR) is 82.3 cm³/mol. The molecule has 2 aromatic rings. The van der Waals surface area contributed by atoms with Gasteiger partial charge in [0.1, 0.15) is 5.75 Å². The smallest absolute Gasteiger partial charge is 0.122 e. The Morgan fingerprint density at radius 3 is 2.95 bits per heavy atom. The average Bonchev–Trinajstić information content (AvgIpc) is 2.92. The van der Waals surface area contributed by atoms with Gasteiger partial charge in [-0.25, -0.2) is 0 Å². The average molecular weight is 288 g/mol. The van der Waals surface area contributed by atoms with Gasteiger partial charge in [-0.3, -0.25) is 0 Å². The van der Waals surface area contributed by atoms with Crippen LogP contribution in [0.5, 0.6) is 5.75 Å². The van der Waals surface area contributed by atoms with Crippen LogP contribution in [0, 0.1) is 0 Å². The second-order valence-electron chi connectivity index (χ2n) is 5.16. The summed E-state index contributed by atoms with van der Waals surface area (Å²) < 4.78 is 5.53. The molecule has 0 unspecified atom stereocenters. The van der Waals surface area contributed by atoms with Crippen molar-refractivity contribution in [1.29, 1.82) is 0 Å². The maximum atomic E-state index is 6.22. The zero-order chi connectivity index (χ0) is 13.9. The minimum absolute atomic E-state index is 0.230. The van der Waals surface area contributed by atoms with E-state index in [0.29, 0.717) is 0 Å². The van der Waals surface area contributed by atoms with Crippen LogP contribution in [-0.2, 0) is 13.0 Å². The maximum Gasteiger partial charge on any atom is 0.122 e. The Labute approximate surface area is 124 Å². The van der Waals surface area contributed by atoms with Crippen LogP contribution in [-0.4, -0.2) is 6.61 Å². The summed E-state index contributed by atoms with van der Waals surface area (Å²) in [5, 5.41) is 4.34. The normalized spacial score (nSPS) is 14.7. The molecule has 0 fully saturated rings. The van der Waals surface area contributed by atoms with Gasteiger partial charge >= 0.3 is 0 Å². The summed E-state index contributed by atoms with van der Waals surface area (Å²) in [5.41, 5.74) is 3.74. The van der Waals surface area contributed by atoms with Crippen molar-refractivity contribution in [1.82, 2.24) is 5.32 Å². The first-order chi connectivity index (χ1) is 9.74. The number of rotatable bonds is 4. The van der Waals surface area contributed by atoms with Gasteiger partial charge in [-0.15, -0.1) is 0 Å². The fraction of sp³-hybridized carbons (Fsp3) is 0.294. The molecule has 3 heteroatoms. The molecule has 1 N–H and O–H groups in total. The maximum absolute atomic E-state index is 6.22. The molecular weight excluding hydrogens is 270 g/mol. The van der Waals surface area contributed by atoms with Crippen LogP contribution in [0.15, 0.2) is 42.5 Å². The van der Waals surface area contributed by atoms with Crippen molar-refractivity contribution in [2.45, 2.75) is 25.9 Å². The molecule has 3 rings (SSSR count). The van der Waals surface area contributed by atoms with Gasteiger partial charge in [-0.1, -0.05) is 41.9 Å². The van der Waals surface area contributed by atoms with Crippen LogP contribution in [0.4, 0.5) is 0 Å². The third-order valence-electron chi connectivity index (χ3n) is 3.74. The van der Waals surface area contributed by atoms with E-state index in [1.165, 1.54) is 11.1 Å². The summed E-state index contributed by atoms with van der Waals surface area (Å²) in [6.07, 6.45) is 1.02. The number of fused-ring (bicyclic) bond motifs is 1. The number of ether oxygens (including phenoxy) is 1. The molecule has 1 atom stereocenters. The molecule has 0 aromatic heterocycles. The van der Waals surface area contributed by atoms with E-state index in [-0.39, 0.29) is 6.04 Å². The lowest BCUT2D eigenvalue weighted by molar-refractivity contribution is 0.357. The molecule has 0 spiro atoms. The molecule has 0 saturated heterocycles. The van der Waals surface area contributed by atoms with Crippen molar-refractivity contribution in [3.63, 3.8) is 0 Å². The summed E-state index contributed by atoms with van der Waals surface area (Å²) in [6, 6.07) is 14.6. The molecule has 1 aliphatic rings. The third-order valence-corrected chi connectivity index (χ3v) is 4.08. The fourth-order valence-electron chi connectivity index (χ4n) is 2.56. The van der Waals surface area contributed by atoms with E-state index < -0.39 is 0 Å². The Hall–Kier alpha value is -1.51. The largest absolute Gasteiger partial charge is 0.493 e. The molecular formula is C17H18ClNO. The SMILES string of the molecule is C[C@@H](NCc1ccc2c(c1)CCO2)c1ccccc1Cl. The quantitative estimate of drug-likeness (QED) is 0.913. The molecule has 0 aliphatic carbocycles. The van der Waals surface area contributed by atoms with Crippen molar-refractivity contribution in [3.05, 3.63) is 64.2 Å². The Bertz CT molecular complexity index is 612. The first-order valence-electron chi connectivity index (χ1n) is 6.96. The van der Waals surface area contributed by atoms with E-state index in [2.05, 4.69) is 36.5 Å². The van der Waals surface area contributed by atoms with Crippen molar-refractivity contribution < 1.29 is 4.74 Å². The Balaban J connectivity index is 1.66. The van der Waals surface area contributed by atoms with Crippen LogP contribution < -0.4 is 10.1 Å². The van der Waals surface area contributed by atoms with Crippen LogP contribution in [0.25, 0.3) is 0 Å². The van der Waals surface area contributed by atoms with Gasteiger partial charge in [0.05, 0.1) is 6.61 Å². The van der Waals surface area contributed by atoms with Crippen molar-refractivity contribution in [2.75, 3.05) is 6.61 Å². The summed E-state index contributed by atoms with van der Waals surface area (Å²) in [4.78, 5) is 0. The van der Waals surface area contributed by atoms with Crippen molar-refractivity contribution >= 4 is 11.6 Å². The minimum atomic E-state index is 0.230. The number of hydrogen-bond acceptors (Lipinski definition) is 2. The van der Waals surface area contributed by atoms with Gasteiger partial charge in [0, 0.05) is 24.0 Å². The minimum Gasteiger partial charge on any atom is -0.493 e. The molecule has 2 nitrogen and oxygen atoms in total. The van der Waals surface area contributed by atoms with Crippen LogP contribution in [0.1, 0.15) is 29.7 Å². The Morgan fingerprint density at radius 2 is 2.10 bits per heavy atom. The van der Waals surface area contributed by atoms with Gasteiger partial charge < -0.3 is 10.1 Å². The van der Waals surface area contributed by atoms with Crippen molar-refractivity contribution in [2.24, 2.45) is 0 Å². The van der Waals surface area contributed by atoms with E-state index in [4.69, 9.17) is 16.3 Å². The highest BCUT2D eigenvalue weighted by atomic mass is 35.5. The van der Waals surface area contributed by atoms with E-state index in [9.17, 15) is 0 Å². The van der Waals surface area contributed by atoms with Gasteiger partial charge in [-0.2, -0.15) is 0 Å². The fourth-order valence-corrected chi connectivity index (χ4v) is 2.86. The summed E-state index contributed by atoms with van der Waals surface area (Å²) >= 11 is 6.22. The van der Waals surface area contributed by atoms with E-state index in [1.807, 2.05) is 18.2 Å². The molecule has 1 aliphatic heterocycles. The highest BCUT2D eigenvalue weighted by molar-refractivity contribution is 6.31. The standard InChI is InChI=1S/C17H18ClNO/c1-12(15-4-2-3-5-16(15)18)19-11-13-6-7-17-14(10-13)8-9-20-17/h2-7,10,12,19H,8-9,11H2,1H3/t12-/m1/s1. The first-order valence-corrected chi connectivity index (χ1v) is 7.34. The number of benzene rings is 2. The molecule has 1 heterocycles. The predicted octanol–water partition coefficient (Wildman–Crippen LogP) is 4.13. The lowest BCUT2D eigenvalue weighted by Gasteiger charge is -2.16. The van der Waals surface area contributed by atoms with E-state index in [1.54, 1.807) is 0 Å². The van der Waals surface area contributed by atoms with Gasteiger partial charge in [0.2, 0.25) is 0 Å². The molecule has 0 saturated carbocycles. The van der Waals surface area contributed by atoms with Crippen LogP contribution >= 0.6 is 11.6 Å². The highest BCUT2D eigenvalue weighted by Gasteiger charge is 2.13. The summed E-state index contributed by atoms with van der Waals surface area (Å²) in [6.45, 7) is 3.78.